The third-order valence-electron chi connectivity index (χ3n) is 7.03. The third-order valence-corrected chi connectivity index (χ3v) is 7.03. The molecular formula is C33H25F2N5O3. The molecule has 43 heavy (non-hydrogen) atoms. The monoisotopic (exact) mass is 577 g/mol. The summed E-state index contributed by atoms with van der Waals surface area (Å²) in [6.45, 7) is 2.16. The third kappa shape index (κ3) is 6.08. The van der Waals surface area contributed by atoms with E-state index in [1.54, 1.807) is 60.9 Å². The topological polar surface area (TPSA) is 103 Å². The molecule has 6 aromatic rings. The number of hydrogen-bond acceptors (Lipinski definition) is 6. The molecule has 0 atom stereocenters. The van der Waals surface area contributed by atoms with Crippen molar-refractivity contribution in [2.75, 3.05) is 0 Å². The second-order valence-corrected chi connectivity index (χ2v) is 10.1. The number of carboxylic acid groups (broad SMARTS) is 1. The van der Waals surface area contributed by atoms with Gasteiger partial charge in [-0.05, 0) is 54.4 Å². The second kappa shape index (κ2) is 11.8. The molecule has 0 fully saturated rings. The molecule has 0 saturated carbocycles. The van der Waals surface area contributed by atoms with Crippen molar-refractivity contribution in [3.8, 4) is 17.1 Å². The number of fused-ring (bicyclic) bond motifs is 1. The minimum atomic E-state index is -1.05. The molecule has 10 heteroatoms. The zero-order valence-corrected chi connectivity index (χ0v) is 23.0. The summed E-state index contributed by atoms with van der Waals surface area (Å²) >= 11 is 0. The van der Waals surface area contributed by atoms with E-state index < -0.39 is 11.8 Å². The molecular weight excluding hydrogens is 552 g/mol. The summed E-state index contributed by atoms with van der Waals surface area (Å²) in [6.07, 6.45) is 4.92. The molecule has 3 aromatic carbocycles. The number of rotatable bonds is 9. The zero-order valence-electron chi connectivity index (χ0n) is 23.0. The highest BCUT2D eigenvalue weighted by molar-refractivity contribution is 5.92. The van der Waals surface area contributed by atoms with Crippen molar-refractivity contribution < 1.29 is 23.4 Å². The number of halogens is 2. The van der Waals surface area contributed by atoms with Crippen molar-refractivity contribution in [2.45, 2.75) is 26.5 Å². The van der Waals surface area contributed by atoms with E-state index in [2.05, 4.69) is 15.0 Å². The van der Waals surface area contributed by atoms with Gasteiger partial charge in [-0.15, -0.1) is 0 Å². The van der Waals surface area contributed by atoms with Gasteiger partial charge >= 0.3 is 5.97 Å². The standard InChI is InChI=1S/C33H25F2N5O3/c1-20-5-6-25(26(34)11-20)18-43-32-4-2-3-28(39-32)23-8-7-22(27(35)12-23)14-31-38-29-10-9-24(33(41)42)13-30(29)40(31)17-21-15-36-19-37-16-21/h2-13,15-16,19H,14,17-18H2,1H3,(H,41,42). The number of aryl methyl sites for hydroxylation is 1. The van der Waals surface area contributed by atoms with Gasteiger partial charge in [0, 0.05) is 41.6 Å². The van der Waals surface area contributed by atoms with Crippen LogP contribution in [0.3, 0.4) is 0 Å². The molecule has 8 nitrogen and oxygen atoms in total. The van der Waals surface area contributed by atoms with E-state index in [0.29, 0.717) is 51.7 Å². The first-order valence-electron chi connectivity index (χ1n) is 13.4. The molecule has 0 aliphatic rings. The van der Waals surface area contributed by atoms with Crippen LogP contribution in [0.4, 0.5) is 8.78 Å². The summed E-state index contributed by atoms with van der Waals surface area (Å²) in [6, 6.07) is 19.7. The predicted octanol–water partition coefficient (Wildman–Crippen LogP) is 6.39. The van der Waals surface area contributed by atoms with Crippen LogP contribution < -0.4 is 4.74 Å². The number of ether oxygens (including phenoxy) is 1. The number of imidazole rings is 1. The summed E-state index contributed by atoms with van der Waals surface area (Å²) in [7, 11) is 0. The van der Waals surface area contributed by atoms with Crippen LogP contribution in [0, 0.1) is 18.6 Å². The average molecular weight is 578 g/mol. The molecule has 3 heterocycles. The molecule has 0 aliphatic heterocycles. The maximum absolute atomic E-state index is 15.5. The van der Waals surface area contributed by atoms with Crippen LogP contribution >= 0.6 is 0 Å². The molecule has 0 radical (unpaired) electrons. The van der Waals surface area contributed by atoms with Crippen molar-refractivity contribution in [3.63, 3.8) is 0 Å². The number of aromatic nitrogens is 5. The van der Waals surface area contributed by atoms with E-state index in [0.717, 1.165) is 11.1 Å². The summed E-state index contributed by atoms with van der Waals surface area (Å²) in [5.41, 5.74) is 4.83. The fourth-order valence-electron chi connectivity index (χ4n) is 4.81. The second-order valence-electron chi connectivity index (χ2n) is 10.1. The van der Waals surface area contributed by atoms with Crippen LogP contribution in [0.5, 0.6) is 5.88 Å². The van der Waals surface area contributed by atoms with Gasteiger partial charge in [0.15, 0.2) is 0 Å². The van der Waals surface area contributed by atoms with Gasteiger partial charge in [0.1, 0.15) is 30.4 Å². The fraction of sp³-hybridized carbons (Fsp3) is 0.121. The molecule has 0 amide bonds. The van der Waals surface area contributed by atoms with Gasteiger partial charge in [-0.25, -0.2) is 33.5 Å². The Morgan fingerprint density at radius 1 is 0.907 bits per heavy atom. The lowest BCUT2D eigenvalue weighted by molar-refractivity contribution is 0.0697. The van der Waals surface area contributed by atoms with Gasteiger partial charge in [-0.2, -0.15) is 0 Å². The molecule has 0 saturated heterocycles. The van der Waals surface area contributed by atoms with Crippen molar-refractivity contribution >= 4 is 17.0 Å². The highest BCUT2D eigenvalue weighted by Crippen LogP contribution is 2.26. The van der Waals surface area contributed by atoms with Gasteiger partial charge in [0.05, 0.1) is 28.8 Å². The summed E-state index contributed by atoms with van der Waals surface area (Å²) < 4.78 is 37.3. The van der Waals surface area contributed by atoms with Crippen LogP contribution in [-0.2, 0) is 19.6 Å². The number of pyridine rings is 1. The van der Waals surface area contributed by atoms with Gasteiger partial charge < -0.3 is 14.4 Å². The first-order chi connectivity index (χ1) is 20.8. The summed E-state index contributed by atoms with van der Waals surface area (Å²) in [4.78, 5) is 28.9. The molecule has 0 aliphatic carbocycles. The largest absolute Gasteiger partial charge is 0.478 e. The molecule has 3 aromatic heterocycles. The van der Waals surface area contributed by atoms with Gasteiger partial charge in [0.25, 0.3) is 0 Å². The first kappa shape index (κ1) is 27.6. The normalized spacial score (nSPS) is 11.1. The van der Waals surface area contributed by atoms with Crippen molar-refractivity contribution in [3.05, 3.63) is 137 Å². The Balaban J connectivity index is 1.26. The number of carboxylic acids is 1. The molecule has 0 spiro atoms. The Labute approximate surface area is 245 Å². The number of aromatic carboxylic acids is 1. The summed E-state index contributed by atoms with van der Waals surface area (Å²) in [5.74, 6) is -0.987. The van der Waals surface area contributed by atoms with E-state index in [-0.39, 0.29) is 24.4 Å². The Bertz CT molecular complexity index is 1960. The Kier molecular flexibility index (Phi) is 7.57. The Morgan fingerprint density at radius 2 is 1.70 bits per heavy atom. The van der Waals surface area contributed by atoms with Crippen LogP contribution in [0.2, 0.25) is 0 Å². The smallest absolute Gasteiger partial charge is 0.335 e. The maximum Gasteiger partial charge on any atom is 0.335 e. The van der Waals surface area contributed by atoms with E-state index in [4.69, 9.17) is 9.72 Å². The fourth-order valence-corrected chi connectivity index (χ4v) is 4.81. The van der Waals surface area contributed by atoms with Gasteiger partial charge in [0.2, 0.25) is 5.88 Å². The quantitative estimate of drug-likeness (QED) is 0.212. The maximum atomic E-state index is 15.5. The van der Waals surface area contributed by atoms with E-state index in [1.165, 1.54) is 24.5 Å². The number of carbonyl (C=O) groups is 1. The lowest BCUT2D eigenvalue weighted by atomic mass is 10.1. The highest BCUT2D eigenvalue weighted by Gasteiger charge is 2.17. The minimum Gasteiger partial charge on any atom is -0.478 e. The molecule has 0 unspecified atom stereocenters. The number of benzene rings is 3. The molecule has 214 valence electrons. The number of nitrogens with zero attached hydrogens (tertiary/aromatic N) is 5. The molecule has 6 rings (SSSR count). The van der Waals surface area contributed by atoms with E-state index in [1.807, 2.05) is 17.6 Å². The highest BCUT2D eigenvalue weighted by atomic mass is 19.1. The van der Waals surface area contributed by atoms with Crippen molar-refractivity contribution in [2.24, 2.45) is 0 Å². The van der Waals surface area contributed by atoms with Crippen LogP contribution in [0.1, 0.15) is 38.4 Å². The van der Waals surface area contributed by atoms with Crippen molar-refractivity contribution in [1.29, 1.82) is 0 Å². The first-order valence-corrected chi connectivity index (χ1v) is 13.4. The van der Waals surface area contributed by atoms with E-state index in [9.17, 15) is 14.3 Å². The van der Waals surface area contributed by atoms with Gasteiger partial charge in [-0.1, -0.05) is 30.3 Å². The van der Waals surface area contributed by atoms with E-state index >= 15 is 4.39 Å². The van der Waals surface area contributed by atoms with Crippen molar-refractivity contribution in [1.82, 2.24) is 24.5 Å². The summed E-state index contributed by atoms with van der Waals surface area (Å²) in [5, 5.41) is 9.52. The molecule has 0 bridgehead atoms. The lowest BCUT2D eigenvalue weighted by Gasteiger charge is -2.11. The lowest BCUT2D eigenvalue weighted by Crippen LogP contribution is -2.08. The Morgan fingerprint density at radius 3 is 2.47 bits per heavy atom. The SMILES string of the molecule is Cc1ccc(COc2cccc(-c3ccc(Cc4nc5ccc(C(=O)O)cc5n4Cc4cncnc4)c(F)c3)n2)c(F)c1. The van der Waals surface area contributed by atoms with Gasteiger partial charge in [-0.3, -0.25) is 0 Å². The number of hydrogen-bond donors (Lipinski definition) is 1. The van der Waals surface area contributed by atoms with Crippen LogP contribution in [0.25, 0.3) is 22.3 Å². The minimum absolute atomic E-state index is 0.0138. The Hall–Kier alpha value is -5.51. The van der Waals surface area contributed by atoms with Crippen LogP contribution in [-0.4, -0.2) is 35.6 Å². The van der Waals surface area contributed by atoms with Crippen LogP contribution in [0.15, 0.2) is 91.5 Å². The average Bonchev–Trinajstić information content (AvgIpc) is 3.34. The molecule has 1 N–H and O–H groups in total. The predicted molar refractivity (Wildman–Crippen MR) is 156 cm³/mol. The zero-order chi connectivity index (χ0) is 29.9.